The molecular formula is C28H20BrClN2O3. The Morgan fingerprint density at radius 1 is 1.09 bits per heavy atom. The molecular weight excluding hydrogens is 528 g/mol. The van der Waals surface area contributed by atoms with Gasteiger partial charge in [-0.05, 0) is 80.3 Å². The van der Waals surface area contributed by atoms with E-state index in [1.165, 1.54) is 6.08 Å². The standard InChI is InChI=1S/C28H20BrClN2O3/c1-34-26-15-18(13-21(16-31)28(33)32-23-11-9-22(30)10-12-23)14-25(29)27(26)35-17-20-7-4-6-19-5-2-3-8-24(19)20/h2-15H,17H2,1H3,(H,32,33)/b21-13+. The summed E-state index contributed by atoms with van der Waals surface area (Å²) in [4.78, 5) is 12.6. The van der Waals surface area contributed by atoms with Crippen LogP contribution in [0.15, 0.2) is 88.9 Å². The molecule has 0 radical (unpaired) electrons. The summed E-state index contributed by atoms with van der Waals surface area (Å²) in [5.74, 6) is 0.476. The molecule has 0 bridgehead atoms. The number of methoxy groups -OCH3 is 1. The third kappa shape index (κ3) is 5.83. The molecule has 174 valence electrons. The predicted molar refractivity (Wildman–Crippen MR) is 143 cm³/mol. The van der Waals surface area contributed by atoms with E-state index in [0.29, 0.717) is 38.9 Å². The van der Waals surface area contributed by atoms with Crippen molar-refractivity contribution in [3.05, 3.63) is 105 Å². The average molecular weight is 548 g/mol. The first-order chi connectivity index (χ1) is 17.0. The summed E-state index contributed by atoms with van der Waals surface area (Å²) < 4.78 is 12.3. The van der Waals surface area contributed by atoms with E-state index >= 15 is 0 Å². The normalized spacial score (nSPS) is 11.1. The van der Waals surface area contributed by atoms with E-state index in [0.717, 1.165) is 16.3 Å². The maximum atomic E-state index is 12.6. The first-order valence-electron chi connectivity index (χ1n) is 10.6. The van der Waals surface area contributed by atoms with Crippen LogP contribution in [0.25, 0.3) is 16.8 Å². The van der Waals surface area contributed by atoms with Gasteiger partial charge in [0.2, 0.25) is 0 Å². The summed E-state index contributed by atoms with van der Waals surface area (Å²) in [6.45, 7) is 0.346. The lowest BCUT2D eigenvalue weighted by Gasteiger charge is -2.15. The number of anilines is 1. The van der Waals surface area contributed by atoms with Gasteiger partial charge in [0.25, 0.3) is 5.91 Å². The maximum absolute atomic E-state index is 12.6. The quantitative estimate of drug-likeness (QED) is 0.193. The molecule has 0 spiro atoms. The van der Waals surface area contributed by atoms with Crippen LogP contribution in [-0.4, -0.2) is 13.0 Å². The molecule has 0 unspecified atom stereocenters. The van der Waals surface area contributed by atoms with Crippen LogP contribution in [0.5, 0.6) is 11.5 Å². The van der Waals surface area contributed by atoms with Gasteiger partial charge >= 0.3 is 0 Å². The van der Waals surface area contributed by atoms with Crippen LogP contribution < -0.4 is 14.8 Å². The third-order valence-corrected chi connectivity index (χ3v) is 6.12. The van der Waals surface area contributed by atoms with Crippen molar-refractivity contribution >= 4 is 56.0 Å². The van der Waals surface area contributed by atoms with E-state index < -0.39 is 5.91 Å². The van der Waals surface area contributed by atoms with Crippen LogP contribution in [0.2, 0.25) is 5.02 Å². The number of halogens is 2. The second kappa shape index (κ2) is 11.1. The molecule has 4 aromatic rings. The summed E-state index contributed by atoms with van der Waals surface area (Å²) in [5.41, 5.74) is 2.13. The van der Waals surface area contributed by atoms with Gasteiger partial charge in [-0.3, -0.25) is 4.79 Å². The van der Waals surface area contributed by atoms with Gasteiger partial charge in [0.15, 0.2) is 11.5 Å². The fourth-order valence-electron chi connectivity index (χ4n) is 3.58. The van der Waals surface area contributed by atoms with E-state index in [9.17, 15) is 10.1 Å². The highest BCUT2D eigenvalue weighted by Gasteiger charge is 2.15. The van der Waals surface area contributed by atoms with Gasteiger partial charge in [0.1, 0.15) is 18.2 Å². The maximum Gasteiger partial charge on any atom is 0.266 e. The highest BCUT2D eigenvalue weighted by molar-refractivity contribution is 9.10. The highest BCUT2D eigenvalue weighted by Crippen LogP contribution is 2.38. The topological polar surface area (TPSA) is 71.3 Å². The molecule has 0 aliphatic carbocycles. The lowest BCUT2D eigenvalue weighted by atomic mass is 10.1. The summed E-state index contributed by atoms with van der Waals surface area (Å²) in [7, 11) is 1.54. The Labute approximate surface area is 216 Å². The minimum atomic E-state index is -0.527. The average Bonchev–Trinajstić information content (AvgIpc) is 2.87. The summed E-state index contributed by atoms with van der Waals surface area (Å²) >= 11 is 9.42. The zero-order valence-electron chi connectivity index (χ0n) is 18.7. The van der Waals surface area contributed by atoms with Crippen LogP contribution in [0.1, 0.15) is 11.1 Å². The Hall–Kier alpha value is -3.79. The highest BCUT2D eigenvalue weighted by atomic mass is 79.9. The zero-order valence-corrected chi connectivity index (χ0v) is 21.1. The third-order valence-electron chi connectivity index (χ3n) is 5.28. The molecule has 0 atom stereocenters. The molecule has 4 aromatic carbocycles. The number of amides is 1. The number of fused-ring (bicyclic) bond motifs is 1. The molecule has 1 amide bonds. The molecule has 0 saturated heterocycles. The van der Waals surface area contributed by atoms with Gasteiger partial charge < -0.3 is 14.8 Å². The molecule has 0 aromatic heterocycles. The van der Waals surface area contributed by atoms with Crippen molar-refractivity contribution in [1.82, 2.24) is 0 Å². The number of benzene rings is 4. The Morgan fingerprint density at radius 3 is 2.57 bits per heavy atom. The number of nitrogens with zero attached hydrogens (tertiary/aromatic N) is 1. The van der Waals surface area contributed by atoms with Crippen molar-refractivity contribution in [1.29, 1.82) is 5.26 Å². The van der Waals surface area contributed by atoms with Crippen LogP contribution in [0, 0.1) is 11.3 Å². The van der Waals surface area contributed by atoms with E-state index in [1.807, 2.05) is 30.3 Å². The minimum absolute atomic E-state index is 0.0571. The summed E-state index contributed by atoms with van der Waals surface area (Å²) in [6, 6.07) is 26.3. The van der Waals surface area contributed by atoms with Crippen LogP contribution in [0.3, 0.4) is 0 Å². The summed E-state index contributed by atoms with van der Waals surface area (Å²) in [6.07, 6.45) is 1.49. The molecule has 1 N–H and O–H groups in total. The second-order valence-corrected chi connectivity index (χ2v) is 8.88. The number of hydrogen-bond acceptors (Lipinski definition) is 4. The number of rotatable bonds is 7. The number of ether oxygens (including phenoxy) is 2. The molecule has 4 rings (SSSR count). The first kappa shape index (κ1) is 24.3. The van der Waals surface area contributed by atoms with E-state index in [4.69, 9.17) is 21.1 Å². The molecule has 0 fully saturated rings. The SMILES string of the molecule is COc1cc(/C=C(\C#N)C(=O)Nc2ccc(Cl)cc2)cc(Br)c1OCc1cccc2ccccc12. The molecule has 5 nitrogen and oxygen atoms in total. The first-order valence-corrected chi connectivity index (χ1v) is 11.8. The fourth-order valence-corrected chi connectivity index (χ4v) is 4.28. The van der Waals surface area contributed by atoms with Crippen LogP contribution in [-0.2, 0) is 11.4 Å². The van der Waals surface area contributed by atoms with Crippen molar-refractivity contribution in [3.8, 4) is 17.6 Å². The van der Waals surface area contributed by atoms with Crippen LogP contribution >= 0.6 is 27.5 Å². The minimum Gasteiger partial charge on any atom is -0.493 e. The van der Waals surface area contributed by atoms with Crippen molar-refractivity contribution in [2.75, 3.05) is 12.4 Å². The zero-order chi connectivity index (χ0) is 24.8. The monoisotopic (exact) mass is 546 g/mol. The van der Waals surface area contributed by atoms with Gasteiger partial charge in [0.05, 0.1) is 11.6 Å². The second-order valence-electron chi connectivity index (χ2n) is 7.59. The summed E-state index contributed by atoms with van der Waals surface area (Å²) in [5, 5.41) is 15.1. The molecule has 35 heavy (non-hydrogen) atoms. The lowest BCUT2D eigenvalue weighted by molar-refractivity contribution is -0.112. The van der Waals surface area contributed by atoms with E-state index in [-0.39, 0.29) is 5.57 Å². The number of nitrogens with one attached hydrogen (secondary N) is 1. The molecule has 0 saturated carbocycles. The van der Waals surface area contributed by atoms with Gasteiger partial charge in [-0.1, -0.05) is 54.1 Å². The lowest BCUT2D eigenvalue weighted by Crippen LogP contribution is -2.13. The van der Waals surface area contributed by atoms with Gasteiger partial charge in [-0.25, -0.2) is 0 Å². The van der Waals surface area contributed by atoms with Crippen molar-refractivity contribution in [2.24, 2.45) is 0 Å². The van der Waals surface area contributed by atoms with E-state index in [2.05, 4.69) is 39.4 Å². The van der Waals surface area contributed by atoms with Crippen LogP contribution in [0.4, 0.5) is 5.69 Å². The van der Waals surface area contributed by atoms with Gasteiger partial charge in [-0.2, -0.15) is 5.26 Å². The predicted octanol–water partition coefficient (Wildman–Crippen LogP) is 7.39. The Kier molecular flexibility index (Phi) is 7.71. The van der Waals surface area contributed by atoms with Crippen molar-refractivity contribution in [3.63, 3.8) is 0 Å². The largest absolute Gasteiger partial charge is 0.493 e. The van der Waals surface area contributed by atoms with Crippen molar-refractivity contribution in [2.45, 2.75) is 6.61 Å². The number of carbonyl (C=O) groups is 1. The van der Waals surface area contributed by atoms with Crippen molar-refractivity contribution < 1.29 is 14.3 Å². The Balaban J connectivity index is 1.56. The Bertz CT molecular complexity index is 1450. The number of carbonyl (C=O) groups excluding carboxylic acids is 1. The molecule has 7 heteroatoms. The fraction of sp³-hybridized carbons (Fsp3) is 0.0714. The van der Waals surface area contributed by atoms with Gasteiger partial charge in [-0.15, -0.1) is 0 Å². The number of nitriles is 1. The Morgan fingerprint density at radius 2 is 1.83 bits per heavy atom. The molecule has 0 aliphatic rings. The molecule has 0 heterocycles. The smallest absolute Gasteiger partial charge is 0.266 e. The van der Waals surface area contributed by atoms with E-state index in [1.54, 1.807) is 43.5 Å². The molecule has 0 aliphatic heterocycles. The van der Waals surface area contributed by atoms with Gasteiger partial charge in [0, 0.05) is 10.7 Å². The number of hydrogen-bond donors (Lipinski definition) is 1.